The predicted molar refractivity (Wildman–Crippen MR) is 97.1 cm³/mol. The molecule has 0 amide bonds. The van der Waals surface area contributed by atoms with Crippen molar-refractivity contribution < 1.29 is 9.72 Å². The number of nitro groups is 1. The van der Waals surface area contributed by atoms with Crippen molar-refractivity contribution in [1.82, 2.24) is 12.3 Å². The summed E-state index contributed by atoms with van der Waals surface area (Å²) in [7, 11) is 0. The lowest BCUT2D eigenvalue weighted by molar-refractivity contribution is -0.385. The van der Waals surface area contributed by atoms with Gasteiger partial charge in [0.2, 0.25) is 4.45 Å². The number of benzene rings is 1. The highest BCUT2D eigenvalue weighted by molar-refractivity contribution is 8.32. The van der Waals surface area contributed by atoms with Crippen LogP contribution in [0.15, 0.2) is 68.6 Å². The maximum absolute atomic E-state index is 10.6. The van der Waals surface area contributed by atoms with Crippen molar-refractivity contribution in [2.45, 2.75) is 4.90 Å². The Bertz CT molecular complexity index is 399. The molecular weight excluding hydrogens is 310 g/mol. The van der Waals surface area contributed by atoms with Crippen LogP contribution in [-0.2, 0) is 0 Å². The Morgan fingerprint density at radius 3 is 1.86 bits per heavy atom. The molecule has 0 aliphatic carbocycles. The maximum Gasteiger partial charge on any atom is 0.270 e. The van der Waals surface area contributed by atoms with Gasteiger partial charge in [-0.2, -0.15) is 0 Å². The molecule has 120 valence electrons. The minimum Gasteiger partial charge on any atom is -0.344 e. The summed E-state index contributed by atoms with van der Waals surface area (Å²) in [6.07, 6.45) is 0. The highest BCUT2D eigenvalue weighted by Crippen LogP contribution is 2.24. The summed E-state index contributed by atoms with van der Waals surface area (Å²) in [5.74, 6) is 0. The van der Waals surface area contributed by atoms with Gasteiger partial charge in [-0.1, -0.05) is 18.7 Å². The second kappa shape index (κ2) is 23.2. The minimum atomic E-state index is -0.507. The smallest absolute Gasteiger partial charge is 0.270 e. The number of non-ortho nitro benzene ring substituents is 1. The Hall–Kier alpha value is -1.87. The van der Waals surface area contributed by atoms with E-state index in [-0.39, 0.29) is 22.4 Å². The van der Waals surface area contributed by atoms with E-state index in [1.165, 1.54) is 18.2 Å². The van der Waals surface area contributed by atoms with Gasteiger partial charge >= 0.3 is 0 Å². The minimum absolute atomic E-state index is 0. The van der Waals surface area contributed by atoms with Gasteiger partial charge in [-0.15, -0.1) is 39.5 Å². The van der Waals surface area contributed by atoms with Crippen LogP contribution >= 0.6 is 24.4 Å². The van der Waals surface area contributed by atoms with Crippen LogP contribution in [0.3, 0.4) is 0 Å². The number of hydrogen-bond acceptors (Lipinski definition) is 6. The topological polar surface area (TPSA) is 130 Å². The number of nitrogens with zero attached hydrogens (tertiary/aromatic N) is 1. The first-order valence-corrected chi connectivity index (χ1v) is 6.01. The molecule has 0 spiro atoms. The summed E-state index contributed by atoms with van der Waals surface area (Å²) in [6.45, 7) is 18.0. The molecule has 0 bridgehead atoms. The summed E-state index contributed by atoms with van der Waals surface area (Å²) in [6, 6.07) is 5.84. The quantitative estimate of drug-likeness (QED) is 0.216. The lowest BCUT2D eigenvalue weighted by Crippen LogP contribution is -1.87. The third-order valence-electron chi connectivity index (χ3n) is 1.23. The molecule has 6 N–H and O–H groups in total. The molecule has 0 atom stereocenters. The van der Waals surface area contributed by atoms with Crippen molar-refractivity contribution in [2.75, 3.05) is 0 Å². The summed E-state index contributed by atoms with van der Waals surface area (Å²) in [4.78, 5) is 20.9. The molecule has 0 heterocycles. The number of thioether (sulfide) groups is 1. The van der Waals surface area contributed by atoms with Crippen LogP contribution in [0.1, 0.15) is 0 Å². The Balaban J connectivity index is -0.0000000951. The van der Waals surface area contributed by atoms with Crippen molar-refractivity contribution in [1.29, 1.82) is 0 Å². The van der Waals surface area contributed by atoms with Gasteiger partial charge in [-0.3, -0.25) is 14.9 Å². The Morgan fingerprint density at radius 1 is 1.10 bits per heavy atom. The van der Waals surface area contributed by atoms with E-state index >= 15 is 0 Å². The summed E-state index contributed by atoms with van der Waals surface area (Å²) < 4.78 is -0.388. The lowest BCUT2D eigenvalue weighted by atomic mass is 10.3. The van der Waals surface area contributed by atoms with Gasteiger partial charge in [-0.05, 0) is 17.8 Å². The molecule has 0 unspecified atom stereocenters. The molecule has 8 heteroatoms. The molecule has 0 aliphatic heterocycles. The number of hydrogen-bond donors (Lipinski definition) is 3. The molecule has 0 saturated carbocycles. The molecule has 0 fully saturated rings. The summed E-state index contributed by atoms with van der Waals surface area (Å²) in [5, 5.41) is 10.3. The largest absolute Gasteiger partial charge is 0.344 e. The van der Waals surface area contributed by atoms with E-state index in [0.717, 1.165) is 11.8 Å². The molecule has 0 aromatic heterocycles. The third kappa shape index (κ3) is 18.1. The van der Waals surface area contributed by atoms with Crippen molar-refractivity contribution in [3.63, 3.8) is 0 Å². The molecule has 0 radical (unpaired) electrons. The molecule has 1 aromatic rings. The number of carbonyl (C=O) groups is 1. The zero-order chi connectivity index (χ0) is 15.8. The number of carbonyl (C=O) groups excluding carboxylic acids is 1. The Morgan fingerprint density at radius 2 is 1.52 bits per heavy atom. The molecule has 0 aliphatic rings. The van der Waals surface area contributed by atoms with Crippen LogP contribution in [-0.4, -0.2) is 9.37 Å². The molecule has 6 nitrogen and oxygen atoms in total. The Kier molecular flexibility index (Phi) is 34.9. The standard InChI is InChI=1S/C7H5NO3S2.3C2H4.2H3N/c9-7(12)13-6-3-1-2-5(4-6)8(10)11;3*1-2;;/h1-4H,(H,9,12);3*1-2H2;2*1H3. The first kappa shape index (κ1) is 31.5. The SMILES string of the molecule is C=C.C=C.C=C.N.N.O=C(S)Sc1cccc([N+](=O)[O-])c1. The van der Waals surface area contributed by atoms with Crippen molar-refractivity contribution >= 4 is 34.5 Å². The number of nitro benzene ring substituents is 1. The number of rotatable bonds is 2. The summed E-state index contributed by atoms with van der Waals surface area (Å²) >= 11 is 4.40. The van der Waals surface area contributed by atoms with Gasteiger partial charge in [0.15, 0.2) is 0 Å². The van der Waals surface area contributed by atoms with E-state index in [9.17, 15) is 14.9 Å². The first-order chi connectivity index (χ1) is 9.09. The van der Waals surface area contributed by atoms with Crippen LogP contribution in [0.5, 0.6) is 0 Å². The van der Waals surface area contributed by atoms with E-state index < -0.39 is 4.92 Å². The normalized spacial score (nSPS) is 6.52. The molecule has 21 heavy (non-hydrogen) atoms. The van der Waals surface area contributed by atoms with Gasteiger partial charge in [-0.25, -0.2) is 0 Å². The summed E-state index contributed by atoms with van der Waals surface area (Å²) in [5.41, 5.74) is -0.0282. The average molecular weight is 333 g/mol. The van der Waals surface area contributed by atoms with Gasteiger partial charge in [0, 0.05) is 17.0 Å². The van der Waals surface area contributed by atoms with E-state index in [4.69, 9.17) is 0 Å². The Labute approximate surface area is 135 Å². The average Bonchev–Trinajstić information content (AvgIpc) is 2.45. The van der Waals surface area contributed by atoms with Gasteiger partial charge in [0.05, 0.1) is 4.92 Å². The number of thiol groups is 1. The van der Waals surface area contributed by atoms with Crippen molar-refractivity contribution in [2.24, 2.45) is 0 Å². The second-order valence-electron chi connectivity index (χ2n) is 2.12. The zero-order valence-corrected chi connectivity index (χ0v) is 13.7. The third-order valence-corrected chi connectivity index (χ3v) is 2.17. The van der Waals surface area contributed by atoms with Gasteiger partial charge in [0.1, 0.15) is 0 Å². The first-order valence-electron chi connectivity index (χ1n) is 4.75. The van der Waals surface area contributed by atoms with Crippen molar-refractivity contribution in [3.05, 3.63) is 73.9 Å². The van der Waals surface area contributed by atoms with Crippen LogP contribution in [0.25, 0.3) is 0 Å². The fraction of sp³-hybridized carbons (Fsp3) is 0. The molecule has 0 saturated heterocycles. The van der Waals surface area contributed by atoms with Gasteiger partial charge < -0.3 is 12.3 Å². The van der Waals surface area contributed by atoms with E-state index in [1.807, 2.05) is 0 Å². The zero-order valence-electron chi connectivity index (χ0n) is 12.0. The van der Waals surface area contributed by atoms with Crippen molar-refractivity contribution in [3.8, 4) is 0 Å². The van der Waals surface area contributed by atoms with Crippen LogP contribution in [0, 0.1) is 10.1 Å². The predicted octanol–water partition coefficient (Wildman–Crippen LogP) is 5.47. The van der Waals surface area contributed by atoms with Gasteiger partial charge in [0.25, 0.3) is 5.69 Å². The highest BCUT2D eigenvalue weighted by atomic mass is 32.2. The van der Waals surface area contributed by atoms with Crippen LogP contribution in [0.2, 0.25) is 0 Å². The monoisotopic (exact) mass is 333 g/mol. The van der Waals surface area contributed by atoms with E-state index in [0.29, 0.717) is 4.90 Å². The molecule has 1 aromatic carbocycles. The highest BCUT2D eigenvalue weighted by Gasteiger charge is 2.07. The van der Waals surface area contributed by atoms with E-state index in [1.54, 1.807) is 6.07 Å². The molecule has 1 rings (SSSR count). The fourth-order valence-corrected chi connectivity index (χ4v) is 1.61. The molecular formula is C13H23N3O3S2. The van der Waals surface area contributed by atoms with Crippen LogP contribution in [0.4, 0.5) is 10.5 Å². The second-order valence-corrected chi connectivity index (χ2v) is 3.88. The van der Waals surface area contributed by atoms with Crippen LogP contribution < -0.4 is 12.3 Å². The fourth-order valence-electron chi connectivity index (χ4n) is 0.761. The maximum atomic E-state index is 10.6. The van der Waals surface area contributed by atoms with E-state index in [2.05, 4.69) is 52.1 Å². The lowest BCUT2D eigenvalue weighted by Gasteiger charge is -1.95.